The fourth-order valence-electron chi connectivity index (χ4n) is 2.26. The summed E-state index contributed by atoms with van der Waals surface area (Å²) in [7, 11) is 1.54. The van der Waals surface area contributed by atoms with Gasteiger partial charge in [0.2, 0.25) is 0 Å². The Bertz CT molecular complexity index is 628. The van der Waals surface area contributed by atoms with Gasteiger partial charge in [0.1, 0.15) is 5.75 Å². The highest BCUT2D eigenvalue weighted by Crippen LogP contribution is 2.22. The third kappa shape index (κ3) is 4.50. The minimum atomic E-state index is -0.167. The molecule has 2 aromatic carbocycles. The maximum absolute atomic E-state index is 12.3. The molecule has 22 heavy (non-hydrogen) atoms. The van der Waals surface area contributed by atoms with E-state index in [0.717, 1.165) is 12.8 Å². The maximum atomic E-state index is 12.3. The molecule has 0 aliphatic carbocycles. The molecule has 0 aromatic heterocycles. The zero-order valence-electron chi connectivity index (χ0n) is 12.8. The van der Waals surface area contributed by atoms with Crippen molar-refractivity contribution < 1.29 is 9.53 Å². The molecule has 4 heteroatoms. The highest BCUT2D eigenvalue weighted by Gasteiger charge is 2.15. The second-order valence-electron chi connectivity index (χ2n) is 5.24. The van der Waals surface area contributed by atoms with E-state index in [1.165, 1.54) is 5.56 Å². The molecule has 0 spiro atoms. The smallest absolute Gasteiger partial charge is 0.255 e. The topological polar surface area (TPSA) is 38.3 Å². The Labute approximate surface area is 136 Å². The van der Waals surface area contributed by atoms with Crippen LogP contribution in [0.3, 0.4) is 0 Å². The first kappa shape index (κ1) is 16.4. The molecule has 1 N–H and O–H groups in total. The van der Waals surface area contributed by atoms with Gasteiger partial charge in [-0.2, -0.15) is 0 Å². The number of carbonyl (C=O) groups is 1. The molecule has 0 bridgehead atoms. The van der Waals surface area contributed by atoms with Gasteiger partial charge in [0.25, 0.3) is 5.91 Å². The van der Waals surface area contributed by atoms with Gasteiger partial charge in [0.05, 0.1) is 12.7 Å². The minimum absolute atomic E-state index is 0.0661. The zero-order chi connectivity index (χ0) is 15.9. The minimum Gasteiger partial charge on any atom is -0.496 e. The van der Waals surface area contributed by atoms with E-state index in [9.17, 15) is 4.79 Å². The van der Waals surface area contributed by atoms with E-state index >= 15 is 0 Å². The van der Waals surface area contributed by atoms with Crippen molar-refractivity contribution in [2.75, 3.05) is 7.11 Å². The maximum Gasteiger partial charge on any atom is 0.255 e. The first-order chi connectivity index (χ1) is 10.6. The van der Waals surface area contributed by atoms with E-state index in [4.69, 9.17) is 16.3 Å². The summed E-state index contributed by atoms with van der Waals surface area (Å²) in [6, 6.07) is 15.3. The van der Waals surface area contributed by atoms with Gasteiger partial charge in [-0.1, -0.05) is 41.9 Å². The molecule has 116 valence electrons. The standard InChI is InChI=1S/C18H20ClNO2/c1-13(8-9-14-6-4-3-5-7-14)20-18(21)16-12-15(19)10-11-17(16)22-2/h3-7,10-13H,8-9H2,1-2H3,(H,20,21)/t13-/m1/s1. The Morgan fingerprint density at radius 2 is 1.95 bits per heavy atom. The molecule has 1 amide bonds. The van der Waals surface area contributed by atoms with E-state index in [0.29, 0.717) is 16.3 Å². The second kappa shape index (κ2) is 7.85. The van der Waals surface area contributed by atoms with Crippen molar-refractivity contribution in [3.8, 4) is 5.75 Å². The molecule has 0 saturated carbocycles. The van der Waals surface area contributed by atoms with Crippen molar-refractivity contribution in [3.05, 3.63) is 64.7 Å². The lowest BCUT2D eigenvalue weighted by Gasteiger charge is -2.15. The lowest BCUT2D eigenvalue weighted by molar-refractivity contribution is 0.0935. The Balaban J connectivity index is 1.95. The normalized spacial score (nSPS) is 11.8. The molecular formula is C18H20ClNO2. The van der Waals surface area contributed by atoms with Crippen LogP contribution >= 0.6 is 11.6 Å². The predicted octanol–water partition coefficient (Wildman–Crippen LogP) is 4.10. The zero-order valence-corrected chi connectivity index (χ0v) is 13.6. The van der Waals surface area contributed by atoms with Crippen LogP contribution in [-0.2, 0) is 6.42 Å². The van der Waals surface area contributed by atoms with Gasteiger partial charge in [-0.25, -0.2) is 0 Å². The molecule has 0 saturated heterocycles. The highest BCUT2D eigenvalue weighted by atomic mass is 35.5. The molecule has 0 radical (unpaired) electrons. The molecule has 0 heterocycles. The van der Waals surface area contributed by atoms with Crippen molar-refractivity contribution in [1.29, 1.82) is 0 Å². The van der Waals surface area contributed by atoms with Crippen LogP contribution in [0.25, 0.3) is 0 Å². The molecule has 0 fully saturated rings. The van der Waals surface area contributed by atoms with Crippen LogP contribution in [-0.4, -0.2) is 19.1 Å². The largest absolute Gasteiger partial charge is 0.496 e. The Morgan fingerprint density at radius 1 is 1.23 bits per heavy atom. The van der Waals surface area contributed by atoms with Gasteiger partial charge in [0.15, 0.2) is 0 Å². The number of benzene rings is 2. The second-order valence-corrected chi connectivity index (χ2v) is 5.68. The van der Waals surface area contributed by atoms with Gasteiger partial charge in [-0.3, -0.25) is 4.79 Å². The van der Waals surface area contributed by atoms with Crippen LogP contribution in [0.2, 0.25) is 5.02 Å². The van der Waals surface area contributed by atoms with Crippen molar-refractivity contribution in [2.24, 2.45) is 0 Å². The summed E-state index contributed by atoms with van der Waals surface area (Å²) in [5.74, 6) is 0.358. The van der Waals surface area contributed by atoms with E-state index in [-0.39, 0.29) is 11.9 Å². The van der Waals surface area contributed by atoms with E-state index in [2.05, 4.69) is 17.4 Å². The number of methoxy groups -OCH3 is 1. The quantitative estimate of drug-likeness (QED) is 0.871. The summed E-state index contributed by atoms with van der Waals surface area (Å²) in [6.07, 6.45) is 1.80. The summed E-state index contributed by atoms with van der Waals surface area (Å²) in [6.45, 7) is 2.00. The van der Waals surface area contributed by atoms with Gasteiger partial charge < -0.3 is 10.1 Å². The van der Waals surface area contributed by atoms with Crippen molar-refractivity contribution in [3.63, 3.8) is 0 Å². The molecule has 3 nitrogen and oxygen atoms in total. The van der Waals surface area contributed by atoms with Crippen LogP contribution in [0.1, 0.15) is 29.3 Å². The molecular weight excluding hydrogens is 298 g/mol. The van der Waals surface area contributed by atoms with Gasteiger partial charge in [0, 0.05) is 11.1 Å². The number of halogens is 1. The van der Waals surface area contributed by atoms with Crippen LogP contribution in [0, 0.1) is 0 Å². The summed E-state index contributed by atoms with van der Waals surface area (Å²) >= 11 is 5.96. The molecule has 1 atom stereocenters. The molecule has 0 aliphatic rings. The predicted molar refractivity (Wildman–Crippen MR) is 89.7 cm³/mol. The van der Waals surface area contributed by atoms with Gasteiger partial charge in [-0.15, -0.1) is 0 Å². The summed E-state index contributed by atoms with van der Waals surface area (Å²) in [5, 5.41) is 3.51. The number of rotatable bonds is 6. The number of nitrogens with one attached hydrogen (secondary N) is 1. The Kier molecular flexibility index (Phi) is 5.84. The van der Waals surface area contributed by atoms with Crippen molar-refractivity contribution >= 4 is 17.5 Å². The third-order valence-corrected chi connectivity index (χ3v) is 3.73. The Morgan fingerprint density at radius 3 is 2.64 bits per heavy atom. The first-order valence-corrected chi connectivity index (χ1v) is 7.66. The van der Waals surface area contributed by atoms with E-state index < -0.39 is 0 Å². The number of ether oxygens (including phenoxy) is 1. The summed E-state index contributed by atoms with van der Waals surface area (Å²) in [4.78, 5) is 12.3. The first-order valence-electron chi connectivity index (χ1n) is 7.28. The van der Waals surface area contributed by atoms with Crippen LogP contribution in [0.5, 0.6) is 5.75 Å². The molecule has 2 aromatic rings. The summed E-state index contributed by atoms with van der Waals surface area (Å²) in [5.41, 5.74) is 1.73. The lowest BCUT2D eigenvalue weighted by atomic mass is 10.1. The third-order valence-electron chi connectivity index (χ3n) is 3.49. The van der Waals surface area contributed by atoms with Crippen LogP contribution in [0.4, 0.5) is 0 Å². The fraction of sp³-hybridized carbons (Fsp3) is 0.278. The van der Waals surface area contributed by atoms with Crippen molar-refractivity contribution in [1.82, 2.24) is 5.32 Å². The van der Waals surface area contributed by atoms with Crippen LogP contribution < -0.4 is 10.1 Å². The number of amides is 1. The number of hydrogen-bond acceptors (Lipinski definition) is 2. The molecule has 0 aliphatic heterocycles. The molecule has 0 unspecified atom stereocenters. The van der Waals surface area contributed by atoms with Gasteiger partial charge >= 0.3 is 0 Å². The monoisotopic (exact) mass is 317 g/mol. The average Bonchev–Trinajstić information content (AvgIpc) is 2.54. The number of hydrogen-bond donors (Lipinski definition) is 1. The lowest BCUT2D eigenvalue weighted by Crippen LogP contribution is -2.33. The number of aryl methyl sites for hydroxylation is 1. The number of carbonyl (C=O) groups excluding carboxylic acids is 1. The Hall–Kier alpha value is -2.00. The summed E-state index contributed by atoms with van der Waals surface area (Å²) < 4.78 is 5.21. The average molecular weight is 318 g/mol. The van der Waals surface area contributed by atoms with E-state index in [1.54, 1.807) is 25.3 Å². The molecule has 2 rings (SSSR count). The van der Waals surface area contributed by atoms with Crippen LogP contribution in [0.15, 0.2) is 48.5 Å². The fourth-order valence-corrected chi connectivity index (χ4v) is 2.43. The van der Waals surface area contributed by atoms with Crippen molar-refractivity contribution in [2.45, 2.75) is 25.8 Å². The highest BCUT2D eigenvalue weighted by molar-refractivity contribution is 6.31. The van der Waals surface area contributed by atoms with Gasteiger partial charge in [-0.05, 0) is 43.5 Å². The van der Waals surface area contributed by atoms with E-state index in [1.807, 2.05) is 25.1 Å². The SMILES string of the molecule is COc1ccc(Cl)cc1C(=O)N[C@H](C)CCc1ccccc1.